The lowest BCUT2D eigenvalue weighted by Gasteiger charge is -1.92. The highest BCUT2D eigenvalue weighted by atomic mass is 32.2. The molecule has 0 aliphatic carbocycles. The molecular formula is C8H7OS. The molecule has 2 heteroatoms. The largest absolute Gasteiger partial charge is 0.282 e. The van der Waals surface area contributed by atoms with Crippen molar-refractivity contribution in [2.75, 3.05) is 6.26 Å². The van der Waals surface area contributed by atoms with Gasteiger partial charge in [0, 0.05) is 5.56 Å². The zero-order valence-corrected chi connectivity index (χ0v) is 6.44. The van der Waals surface area contributed by atoms with Crippen LogP contribution >= 0.6 is 11.8 Å². The van der Waals surface area contributed by atoms with Crippen LogP contribution in [0.1, 0.15) is 10.4 Å². The van der Waals surface area contributed by atoms with Gasteiger partial charge in [0.25, 0.3) is 0 Å². The maximum absolute atomic E-state index is 11.0. The third kappa shape index (κ3) is 1.61. The van der Waals surface area contributed by atoms with Gasteiger partial charge in [-0.05, 0) is 24.5 Å². The van der Waals surface area contributed by atoms with Gasteiger partial charge in [0.15, 0.2) is 0 Å². The van der Waals surface area contributed by atoms with Crippen LogP contribution in [0.3, 0.4) is 0 Å². The summed E-state index contributed by atoms with van der Waals surface area (Å²) in [6, 6.07) is 9.85. The van der Waals surface area contributed by atoms with Crippen LogP contribution in [0.2, 0.25) is 0 Å². The number of carbonyl (C=O) groups excluding carboxylic acids is 1. The first-order chi connectivity index (χ1) is 4.84. The van der Waals surface area contributed by atoms with Crippen molar-refractivity contribution >= 4 is 16.9 Å². The van der Waals surface area contributed by atoms with Gasteiger partial charge in [0.1, 0.15) is 0 Å². The van der Waals surface area contributed by atoms with E-state index in [1.807, 2.05) is 0 Å². The number of hydrogen-bond acceptors (Lipinski definition) is 2. The van der Waals surface area contributed by atoms with Crippen LogP contribution in [0.4, 0.5) is 0 Å². The molecule has 1 radical (unpaired) electrons. The topological polar surface area (TPSA) is 17.1 Å². The predicted molar refractivity (Wildman–Crippen MR) is 43.1 cm³/mol. The van der Waals surface area contributed by atoms with E-state index < -0.39 is 0 Å². The molecule has 51 valence electrons. The Balaban J connectivity index is 2.85. The van der Waals surface area contributed by atoms with E-state index in [-0.39, 0.29) is 5.12 Å². The normalized spacial score (nSPS) is 9.30. The molecule has 1 aromatic carbocycles. The number of benzene rings is 1. The zero-order chi connectivity index (χ0) is 7.40. The van der Waals surface area contributed by atoms with Crippen LogP contribution in [0.25, 0.3) is 0 Å². The van der Waals surface area contributed by atoms with Gasteiger partial charge in [-0.3, -0.25) is 4.79 Å². The van der Waals surface area contributed by atoms with Gasteiger partial charge in [0.2, 0.25) is 5.12 Å². The first kappa shape index (κ1) is 7.35. The molecule has 1 aromatic rings. The summed E-state index contributed by atoms with van der Waals surface area (Å²) in [5.41, 5.74) is 0.742. The standard InChI is InChI=1S/C8H7OS/c1-10-8(9)7-5-3-2-4-6-7/h3-6H,1H3. The lowest BCUT2D eigenvalue weighted by Crippen LogP contribution is -1.89. The summed E-state index contributed by atoms with van der Waals surface area (Å²) in [6.45, 7) is 0. The van der Waals surface area contributed by atoms with Crippen molar-refractivity contribution in [3.63, 3.8) is 0 Å². The van der Waals surface area contributed by atoms with Crippen molar-refractivity contribution in [1.82, 2.24) is 0 Å². The Morgan fingerprint density at radius 2 is 2.10 bits per heavy atom. The molecule has 0 aliphatic rings. The van der Waals surface area contributed by atoms with E-state index in [9.17, 15) is 4.79 Å². The van der Waals surface area contributed by atoms with E-state index in [1.165, 1.54) is 11.8 Å². The van der Waals surface area contributed by atoms with E-state index in [1.54, 1.807) is 30.5 Å². The fraction of sp³-hybridized carbons (Fsp3) is 0.125. The fourth-order valence-electron chi connectivity index (χ4n) is 0.641. The number of hydrogen-bond donors (Lipinski definition) is 0. The Hall–Kier alpha value is -0.760. The SMILES string of the molecule is CSC(=O)c1cc[c]cc1. The fourth-order valence-corrected chi connectivity index (χ4v) is 1.01. The molecule has 0 saturated carbocycles. The monoisotopic (exact) mass is 151 g/mol. The first-order valence-electron chi connectivity index (χ1n) is 2.89. The molecule has 0 spiro atoms. The average Bonchev–Trinajstić information content (AvgIpc) is 2.05. The molecule has 0 bridgehead atoms. The van der Waals surface area contributed by atoms with Crippen LogP contribution < -0.4 is 0 Å². The van der Waals surface area contributed by atoms with Crippen molar-refractivity contribution in [2.45, 2.75) is 0 Å². The van der Waals surface area contributed by atoms with E-state index in [0.717, 1.165) is 5.56 Å². The molecule has 0 aliphatic heterocycles. The molecular weight excluding hydrogens is 144 g/mol. The molecule has 0 unspecified atom stereocenters. The molecule has 0 aromatic heterocycles. The Bertz CT molecular complexity index is 218. The first-order valence-corrected chi connectivity index (χ1v) is 4.11. The highest BCUT2D eigenvalue weighted by Crippen LogP contribution is 2.07. The second kappa shape index (κ2) is 3.42. The summed E-state index contributed by atoms with van der Waals surface area (Å²) in [5.74, 6) is 0. The van der Waals surface area contributed by atoms with Gasteiger partial charge in [-0.1, -0.05) is 23.9 Å². The average molecular weight is 151 g/mol. The molecule has 0 amide bonds. The molecule has 0 atom stereocenters. The van der Waals surface area contributed by atoms with Gasteiger partial charge in [-0.15, -0.1) is 0 Å². The van der Waals surface area contributed by atoms with Crippen LogP contribution in [0.5, 0.6) is 0 Å². The van der Waals surface area contributed by atoms with Crippen LogP contribution in [0.15, 0.2) is 24.3 Å². The zero-order valence-electron chi connectivity index (χ0n) is 5.63. The lowest BCUT2D eigenvalue weighted by atomic mass is 10.2. The van der Waals surface area contributed by atoms with Crippen LogP contribution in [-0.2, 0) is 0 Å². The molecule has 10 heavy (non-hydrogen) atoms. The van der Waals surface area contributed by atoms with Gasteiger partial charge >= 0.3 is 0 Å². The Kier molecular flexibility index (Phi) is 2.51. The maximum atomic E-state index is 11.0. The van der Waals surface area contributed by atoms with E-state index in [0.29, 0.717) is 0 Å². The Morgan fingerprint density at radius 1 is 1.50 bits per heavy atom. The quantitative estimate of drug-likeness (QED) is 0.610. The van der Waals surface area contributed by atoms with Crippen LogP contribution in [-0.4, -0.2) is 11.4 Å². The van der Waals surface area contributed by atoms with E-state index in [2.05, 4.69) is 6.07 Å². The second-order valence-corrected chi connectivity index (χ2v) is 2.56. The molecule has 0 heterocycles. The van der Waals surface area contributed by atoms with Crippen LogP contribution in [0, 0.1) is 6.07 Å². The summed E-state index contributed by atoms with van der Waals surface area (Å²) in [5, 5.41) is 0.106. The highest BCUT2D eigenvalue weighted by Gasteiger charge is 1.99. The minimum atomic E-state index is 0.106. The minimum Gasteiger partial charge on any atom is -0.282 e. The van der Waals surface area contributed by atoms with Gasteiger partial charge in [0.05, 0.1) is 0 Å². The van der Waals surface area contributed by atoms with Crippen molar-refractivity contribution < 1.29 is 4.79 Å². The third-order valence-electron chi connectivity index (χ3n) is 1.14. The van der Waals surface area contributed by atoms with E-state index >= 15 is 0 Å². The number of carbonyl (C=O) groups is 1. The number of thioether (sulfide) groups is 1. The summed E-state index contributed by atoms with van der Waals surface area (Å²) in [7, 11) is 0. The smallest absolute Gasteiger partial charge is 0.219 e. The third-order valence-corrected chi connectivity index (χ3v) is 1.75. The molecule has 1 rings (SSSR count). The van der Waals surface area contributed by atoms with Gasteiger partial charge < -0.3 is 0 Å². The highest BCUT2D eigenvalue weighted by molar-refractivity contribution is 8.13. The van der Waals surface area contributed by atoms with E-state index in [4.69, 9.17) is 0 Å². The van der Waals surface area contributed by atoms with Crippen molar-refractivity contribution in [2.24, 2.45) is 0 Å². The summed E-state index contributed by atoms with van der Waals surface area (Å²) >= 11 is 1.23. The second-order valence-electron chi connectivity index (χ2n) is 1.78. The lowest BCUT2D eigenvalue weighted by molar-refractivity contribution is 0.108. The Labute approximate surface area is 64.4 Å². The molecule has 0 fully saturated rings. The van der Waals surface area contributed by atoms with Gasteiger partial charge in [-0.25, -0.2) is 0 Å². The van der Waals surface area contributed by atoms with Crippen molar-refractivity contribution in [1.29, 1.82) is 0 Å². The minimum absolute atomic E-state index is 0.106. The van der Waals surface area contributed by atoms with Crippen molar-refractivity contribution in [3.05, 3.63) is 35.9 Å². The Morgan fingerprint density at radius 3 is 2.60 bits per heavy atom. The van der Waals surface area contributed by atoms with Gasteiger partial charge in [-0.2, -0.15) is 0 Å². The molecule has 1 nitrogen and oxygen atoms in total. The van der Waals surface area contributed by atoms with Crippen molar-refractivity contribution in [3.8, 4) is 0 Å². The number of rotatable bonds is 1. The summed E-state index contributed by atoms with van der Waals surface area (Å²) in [6.07, 6.45) is 1.78. The molecule has 0 saturated heterocycles. The summed E-state index contributed by atoms with van der Waals surface area (Å²) in [4.78, 5) is 11.0. The predicted octanol–water partition coefficient (Wildman–Crippen LogP) is 1.99. The molecule has 0 N–H and O–H groups in total. The maximum Gasteiger partial charge on any atom is 0.219 e. The summed E-state index contributed by atoms with van der Waals surface area (Å²) < 4.78 is 0.